The Morgan fingerprint density at radius 1 is 1.43 bits per heavy atom. The van der Waals surface area contributed by atoms with Crippen LogP contribution in [0, 0.1) is 29.6 Å². The van der Waals surface area contributed by atoms with E-state index < -0.39 is 0 Å². The van der Waals surface area contributed by atoms with E-state index in [0.29, 0.717) is 5.92 Å². The highest BCUT2D eigenvalue weighted by Gasteiger charge is 1.92. The van der Waals surface area contributed by atoms with Crippen LogP contribution in [-0.2, 0) is 0 Å². The number of hydrogen-bond donors (Lipinski definition) is 0. The predicted molar refractivity (Wildman–Crippen MR) is 29.3 cm³/mol. The molecule has 0 saturated carbocycles. The van der Waals surface area contributed by atoms with Gasteiger partial charge in [0.25, 0.3) is 0 Å². The van der Waals surface area contributed by atoms with E-state index in [2.05, 4.69) is 30.6 Å². The largest absolute Gasteiger partial charge is 0.0878 e. The highest BCUT2D eigenvalue weighted by molar-refractivity contribution is 5.30. The maximum absolute atomic E-state index is 2.96. The zero-order valence-corrected chi connectivity index (χ0v) is 4.28. The average molecular weight is 90.1 g/mol. The minimum Gasteiger partial charge on any atom is -0.0878 e. The molecule has 34 valence electrons. The lowest BCUT2D eigenvalue weighted by molar-refractivity contribution is 0.786. The zero-order valence-electron chi connectivity index (χ0n) is 4.28. The van der Waals surface area contributed by atoms with Crippen molar-refractivity contribution in [2.75, 3.05) is 0 Å². The molecule has 0 spiro atoms. The Kier molecular flexibility index (Phi) is 1.05. The first-order valence-electron chi connectivity index (χ1n) is 2.38. The van der Waals surface area contributed by atoms with Gasteiger partial charge in [0.05, 0.1) is 0 Å². The highest BCUT2D eigenvalue weighted by atomic mass is 13.9. The van der Waals surface area contributed by atoms with Gasteiger partial charge in [-0.1, -0.05) is 18.8 Å². The van der Waals surface area contributed by atoms with Gasteiger partial charge in [-0.3, -0.25) is 0 Å². The molecule has 0 heterocycles. The molecular weight excluding hydrogens is 84.1 g/mol. The van der Waals surface area contributed by atoms with Gasteiger partial charge in [0.2, 0.25) is 0 Å². The van der Waals surface area contributed by atoms with E-state index in [4.69, 9.17) is 0 Å². The molecule has 1 atom stereocenters. The molecule has 0 aromatic rings. The van der Waals surface area contributed by atoms with E-state index in [1.165, 1.54) is 0 Å². The first-order chi connectivity index (χ1) is 3.39. The normalized spacial score (nSPS) is 23.9. The van der Waals surface area contributed by atoms with E-state index in [9.17, 15) is 0 Å². The highest BCUT2D eigenvalue weighted by Crippen LogP contribution is 1.98. The lowest BCUT2D eigenvalue weighted by atomic mass is 10.1. The van der Waals surface area contributed by atoms with Crippen LogP contribution in [0.5, 0.6) is 0 Å². The summed E-state index contributed by atoms with van der Waals surface area (Å²) in [5, 5.41) is 0. The van der Waals surface area contributed by atoms with E-state index in [1.807, 2.05) is 0 Å². The summed E-state index contributed by atoms with van der Waals surface area (Å²) < 4.78 is 0. The van der Waals surface area contributed by atoms with Crippen LogP contribution in [0.15, 0.2) is 0 Å². The topological polar surface area (TPSA) is 0 Å². The molecule has 0 aliphatic heterocycles. The molecule has 0 amide bonds. The molecule has 0 N–H and O–H groups in total. The fraction of sp³-hybridized carbons (Fsp3) is 0.429. The summed E-state index contributed by atoms with van der Waals surface area (Å²) in [6.07, 6.45) is 0.951. The second-order valence-corrected chi connectivity index (χ2v) is 1.68. The monoisotopic (exact) mass is 90.0 g/mol. The van der Waals surface area contributed by atoms with Gasteiger partial charge in [0, 0.05) is 12.3 Å². The maximum atomic E-state index is 2.96. The molecule has 0 radical (unpaired) electrons. The first-order valence-corrected chi connectivity index (χ1v) is 2.38. The number of hydrogen-bond acceptors (Lipinski definition) is 0. The Bertz CT molecular complexity index is 168. The molecule has 1 unspecified atom stereocenters. The smallest absolute Gasteiger partial charge is 0.0294 e. The molecule has 0 heteroatoms. The van der Waals surface area contributed by atoms with Crippen LogP contribution < -0.4 is 0 Å². The van der Waals surface area contributed by atoms with Crippen molar-refractivity contribution in [1.29, 1.82) is 0 Å². The van der Waals surface area contributed by atoms with Gasteiger partial charge in [0.1, 0.15) is 0 Å². The van der Waals surface area contributed by atoms with Crippen LogP contribution in [0.2, 0.25) is 0 Å². The molecule has 0 saturated heterocycles. The molecule has 0 fully saturated rings. The Hall–Kier alpha value is -0.880. The Morgan fingerprint density at radius 2 is 2.29 bits per heavy atom. The lowest BCUT2D eigenvalue weighted by Crippen LogP contribution is -1.88. The molecule has 7 heavy (non-hydrogen) atoms. The molecule has 0 nitrogen and oxygen atoms in total. The van der Waals surface area contributed by atoms with Crippen LogP contribution in [0.25, 0.3) is 0 Å². The summed E-state index contributed by atoms with van der Waals surface area (Å²) in [5.41, 5.74) is 0. The fourth-order valence-corrected chi connectivity index (χ4v) is 0.459. The van der Waals surface area contributed by atoms with E-state index in [0.717, 1.165) is 6.42 Å². The summed E-state index contributed by atoms with van der Waals surface area (Å²) in [4.78, 5) is 0. The second kappa shape index (κ2) is 1.71. The predicted octanol–water partition coefficient (Wildman–Crippen LogP) is 1.03. The van der Waals surface area contributed by atoms with Gasteiger partial charge in [-0.25, -0.2) is 0 Å². The van der Waals surface area contributed by atoms with Crippen LogP contribution in [0.3, 0.4) is 0 Å². The number of rotatable bonds is 0. The van der Waals surface area contributed by atoms with Crippen molar-refractivity contribution in [2.24, 2.45) is 5.92 Å². The van der Waals surface area contributed by atoms with Crippen LogP contribution in [0.4, 0.5) is 0 Å². The van der Waals surface area contributed by atoms with Crippen LogP contribution in [0.1, 0.15) is 13.3 Å². The van der Waals surface area contributed by atoms with Crippen molar-refractivity contribution in [3.8, 4) is 23.7 Å². The summed E-state index contributed by atoms with van der Waals surface area (Å²) in [5.74, 6) is 11.8. The van der Waals surface area contributed by atoms with Gasteiger partial charge in [-0.2, -0.15) is 0 Å². The van der Waals surface area contributed by atoms with Crippen LogP contribution >= 0.6 is 0 Å². The summed E-state index contributed by atoms with van der Waals surface area (Å²) in [6, 6.07) is 0. The van der Waals surface area contributed by atoms with E-state index in [1.54, 1.807) is 0 Å². The molecule has 0 aromatic carbocycles. The summed E-state index contributed by atoms with van der Waals surface area (Å²) >= 11 is 0. The van der Waals surface area contributed by atoms with E-state index >= 15 is 0 Å². The van der Waals surface area contributed by atoms with Gasteiger partial charge in [-0.15, -0.1) is 0 Å². The summed E-state index contributed by atoms with van der Waals surface area (Å²) in [7, 11) is 0. The standard InChI is InChI=1S/C7H6/c1-7-5-3-2-4-6-7/h7H,5H2,1H3. The maximum Gasteiger partial charge on any atom is 0.0294 e. The third-order valence-corrected chi connectivity index (χ3v) is 0.878. The molecule has 1 aliphatic carbocycles. The van der Waals surface area contributed by atoms with Gasteiger partial charge < -0.3 is 0 Å². The minimum absolute atomic E-state index is 0.501. The van der Waals surface area contributed by atoms with Gasteiger partial charge >= 0.3 is 0 Å². The lowest BCUT2D eigenvalue weighted by Gasteiger charge is -1.94. The minimum atomic E-state index is 0.501. The Balaban J connectivity index is 2.65. The first kappa shape index (κ1) is 4.28. The summed E-state index contributed by atoms with van der Waals surface area (Å²) in [6.45, 7) is 2.08. The second-order valence-electron chi connectivity index (χ2n) is 1.68. The van der Waals surface area contributed by atoms with Crippen molar-refractivity contribution in [2.45, 2.75) is 13.3 Å². The van der Waals surface area contributed by atoms with Gasteiger partial charge in [0.15, 0.2) is 0 Å². The Morgan fingerprint density at radius 3 is 2.57 bits per heavy atom. The fourth-order valence-electron chi connectivity index (χ4n) is 0.459. The van der Waals surface area contributed by atoms with Crippen molar-refractivity contribution in [3.05, 3.63) is 0 Å². The average Bonchev–Trinajstić information content (AvgIpc) is 1.69. The third kappa shape index (κ3) is 0.983. The molecular formula is C7H6. The molecule has 0 aromatic heterocycles. The molecule has 0 bridgehead atoms. The third-order valence-electron chi connectivity index (χ3n) is 0.878. The van der Waals surface area contributed by atoms with Crippen molar-refractivity contribution in [1.82, 2.24) is 0 Å². The van der Waals surface area contributed by atoms with Crippen LogP contribution in [-0.4, -0.2) is 0 Å². The zero-order chi connectivity index (χ0) is 5.11. The van der Waals surface area contributed by atoms with E-state index in [-0.39, 0.29) is 0 Å². The SMILES string of the molecule is CC1C#CC#CC1. The Labute approximate surface area is 43.9 Å². The van der Waals surface area contributed by atoms with Crippen molar-refractivity contribution < 1.29 is 0 Å². The molecule has 1 aliphatic rings. The van der Waals surface area contributed by atoms with Crippen molar-refractivity contribution in [3.63, 3.8) is 0 Å². The van der Waals surface area contributed by atoms with Gasteiger partial charge in [-0.05, 0) is 11.8 Å². The quantitative estimate of drug-likeness (QED) is 0.390. The molecule has 1 rings (SSSR count). The van der Waals surface area contributed by atoms with Crippen molar-refractivity contribution >= 4 is 0 Å².